The van der Waals surface area contributed by atoms with E-state index in [1.54, 1.807) is 14.0 Å². The Morgan fingerprint density at radius 2 is 2.09 bits per heavy atom. The quantitative estimate of drug-likeness (QED) is 0.618. The van der Waals surface area contributed by atoms with E-state index in [0.29, 0.717) is 25.2 Å². The molecule has 4 heteroatoms. The van der Waals surface area contributed by atoms with Crippen molar-refractivity contribution in [3.05, 3.63) is 29.8 Å². The van der Waals surface area contributed by atoms with Crippen LogP contribution < -0.4 is 4.74 Å². The number of ketones is 1. The standard InChI is InChI=1S/C18H24O4/c1-3-22-17(20)13-18(11-6-4-5-10-16(18)19)14-8-7-9-15(12-14)21-2/h7-9,12H,3-6,10-11,13H2,1-2H3. The molecule has 0 N–H and O–H groups in total. The molecule has 0 heterocycles. The summed E-state index contributed by atoms with van der Waals surface area (Å²) in [4.78, 5) is 24.9. The third-order valence-corrected chi connectivity index (χ3v) is 4.41. The summed E-state index contributed by atoms with van der Waals surface area (Å²) in [5, 5.41) is 0. The van der Waals surface area contributed by atoms with Crippen molar-refractivity contribution in [2.45, 2.75) is 50.9 Å². The molecule has 1 fully saturated rings. The molecule has 0 aromatic heterocycles. The first-order valence-corrected chi connectivity index (χ1v) is 7.96. The van der Waals surface area contributed by atoms with E-state index in [0.717, 1.165) is 24.8 Å². The molecule has 1 saturated carbocycles. The Bertz CT molecular complexity index is 538. The number of benzene rings is 1. The largest absolute Gasteiger partial charge is 0.497 e. The molecular weight excluding hydrogens is 280 g/mol. The van der Waals surface area contributed by atoms with E-state index in [1.165, 1.54) is 0 Å². The van der Waals surface area contributed by atoms with Crippen LogP contribution in [0.25, 0.3) is 0 Å². The average molecular weight is 304 g/mol. The zero-order valence-electron chi connectivity index (χ0n) is 13.4. The third-order valence-electron chi connectivity index (χ3n) is 4.41. The predicted molar refractivity (Wildman–Crippen MR) is 84.0 cm³/mol. The Morgan fingerprint density at radius 1 is 1.27 bits per heavy atom. The van der Waals surface area contributed by atoms with Crippen molar-refractivity contribution < 1.29 is 19.1 Å². The molecule has 0 radical (unpaired) electrons. The molecule has 1 unspecified atom stereocenters. The Labute approximate surface area is 131 Å². The molecule has 1 aliphatic rings. The second-order valence-corrected chi connectivity index (χ2v) is 5.78. The lowest BCUT2D eigenvalue weighted by Gasteiger charge is -2.31. The summed E-state index contributed by atoms with van der Waals surface area (Å²) < 4.78 is 10.4. The van der Waals surface area contributed by atoms with Gasteiger partial charge in [0.25, 0.3) is 0 Å². The van der Waals surface area contributed by atoms with Gasteiger partial charge in [-0.25, -0.2) is 0 Å². The molecule has 0 aliphatic heterocycles. The summed E-state index contributed by atoms with van der Waals surface area (Å²) in [6.07, 6.45) is 4.21. The second-order valence-electron chi connectivity index (χ2n) is 5.78. The van der Waals surface area contributed by atoms with Crippen LogP contribution in [0.5, 0.6) is 5.75 Å². The SMILES string of the molecule is CCOC(=O)CC1(c2cccc(OC)c2)CCCCCC1=O. The number of carbonyl (C=O) groups excluding carboxylic acids is 2. The van der Waals surface area contributed by atoms with Crippen LogP contribution in [0.3, 0.4) is 0 Å². The number of rotatable bonds is 5. The second kappa shape index (κ2) is 7.43. The van der Waals surface area contributed by atoms with E-state index in [4.69, 9.17) is 9.47 Å². The molecular formula is C18H24O4. The minimum atomic E-state index is -0.767. The molecule has 2 rings (SSSR count). The smallest absolute Gasteiger partial charge is 0.307 e. The van der Waals surface area contributed by atoms with Gasteiger partial charge in [-0.1, -0.05) is 25.0 Å². The molecule has 0 bridgehead atoms. The van der Waals surface area contributed by atoms with Gasteiger partial charge in [-0.3, -0.25) is 9.59 Å². The van der Waals surface area contributed by atoms with Gasteiger partial charge < -0.3 is 9.47 Å². The summed E-state index contributed by atoms with van der Waals surface area (Å²) in [6, 6.07) is 7.52. The topological polar surface area (TPSA) is 52.6 Å². The van der Waals surface area contributed by atoms with E-state index in [1.807, 2.05) is 24.3 Å². The van der Waals surface area contributed by atoms with Crippen molar-refractivity contribution in [3.63, 3.8) is 0 Å². The lowest BCUT2D eigenvalue weighted by Crippen LogP contribution is -2.38. The fraction of sp³-hybridized carbons (Fsp3) is 0.556. The third kappa shape index (κ3) is 3.49. The van der Waals surface area contributed by atoms with Crippen LogP contribution in [0, 0.1) is 0 Å². The molecule has 0 saturated heterocycles. The van der Waals surface area contributed by atoms with Crippen molar-refractivity contribution >= 4 is 11.8 Å². The maximum Gasteiger partial charge on any atom is 0.307 e. The van der Waals surface area contributed by atoms with Gasteiger partial charge in [0.1, 0.15) is 11.5 Å². The van der Waals surface area contributed by atoms with Gasteiger partial charge in [0.05, 0.1) is 25.6 Å². The number of esters is 1. The Hall–Kier alpha value is -1.84. The number of hydrogen-bond acceptors (Lipinski definition) is 4. The van der Waals surface area contributed by atoms with Crippen molar-refractivity contribution in [2.24, 2.45) is 0 Å². The minimum Gasteiger partial charge on any atom is -0.497 e. The fourth-order valence-electron chi connectivity index (χ4n) is 3.24. The van der Waals surface area contributed by atoms with Crippen LogP contribution in [0.15, 0.2) is 24.3 Å². The van der Waals surface area contributed by atoms with Crippen LogP contribution >= 0.6 is 0 Å². The number of carbonyl (C=O) groups is 2. The summed E-state index contributed by atoms with van der Waals surface area (Å²) >= 11 is 0. The fourth-order valence-corrected chi connectivity index (χ4v) is 3.24. The number of ether oxygens (including phenoxy) is 2. The number of Topliss-reactive ketones (excluding diaryl/α,β-unsaturated/α-hetero) is 1. The molecule has 4 nitrogen and oxygen atoms in total. The Balaban J connectivity index is 2.42. The van der Waals surface area contributed by atoms with Crippen LogP contribution in [0.1, 0.15) is 51.0 Å². The predicted octanol–water partition coefficient (Wildman–Crippen LogP) is 3.42. The average Bonchev–Trinajstić information content (AvgIpc) is 2.71. The van der Waals surface area contributed by atoms with Gasteiger partial charge in [-0.15, -0.1) is 0 Å². The molecule has 0 amide bonds. The van der Waals surface area contributed by atoms with Gasteiger partial charge in [-0.2, -0.15) is 0 Å². The first kappa shape index (κ1) is 16.5. The van der Waals surface area contributed by atoms with Crippen molar-refractivity contribution in [3.8, 4) is 5.75 Å². The summed E-state index contributed by atoms with van der Waals surface area (Å²) in [5.41, 5.74) is 0.101. The summed E-state index contributed by atoms with van der Waals surface area (Å²) in [7, 11) is 1.60. The molecule has 1 aromatic rings. The Kier molecular flexibility index (Phi) is 5.58. The summed E-state index contributed by atoms with van der Waals surface area (Å²) in [6.45, 7) is 2.12. The van der Waals surface area contributed by atoms with E-state index in [9.17, 15) is 9.59 Å². The lowest BCUT2D eigenvalue weighted by molar-refractivity contribution is -0.147. The highest BCUT2D eigenvalue weighted by Gasteiger charge is 2.42. The Morgan fingerprint density at radius 3 is 2.82 bits per heavy atom. The van der Waals surface area contributed by atoms with Crippen molar-refractivity contribution in [1.82, 2.24) is 0 Å². The first-order chi connectivity index (χ1) is 10.6. The molecule has 22 heavy (non-hydrogen) atoms. The van der Waals surface area contributed by atoms with E-state index >= 15 is 0 Å². The van der Waals surface area contributed by atoms with Crippen LogP contribution in [0.4, 0.5) is 0 Å². The number of methoxy groups -OCH3 is 1. The lowest BCUT2D eigenvalue weighted by atomic mass is 9.71. The van der Waals surface area contributed by atoms with Crippen LogP contribution in [-0.4, -0.2) is 25.5 Å². The van der Waals surface area contributed by atoms with Crippen LogP contribution in [0.2, 0.25) is 0 Å². The zero-order chi connectivity index (χ0) is 16.0. The van der Waals surface area contributed by atoms with Crippen molar-refractivity contribution in [1.29, 1.82) is 0 Å². The highest BCUT2D eigenvalue weighted by molar-refractivity contribution is 5.94. The van der Waals surface area contributed by atoms with Crippen molar-refractivity contribution in [2.75, 3.05) is 13.7 Å². The normalized spacial score (nSPS) is 22.0. The molecule has 1 atom stereocenters. The number of hydrogen-bond donors (Lipinski definition) is 0. The van der Waals surface area contributed by atoms with E-state index < -0.39 is 5.41 Å². The highest BCUT2D eigenvalue weighted by atomic mass is 16.5. The van der Waals surface area contributed by atoms with Gasteiger partial charge in [-0.05, 0) is 37.5 Å². The van der Waals surface area contributed by atoms with Crippen LogP contribution in [-0.2, 0) is 19.7 Å². The van der Waals surface area contributed by atoms with Gasteiger partial charge in [0.15, 0.2) is 0 Å². The highest BCUT2D eigenvalue weighted by Crippen LogP contribution is 2.40. The minimum absolute atomic E-state index is 0.118. The molecule has 1 aliphatic carbocycles. The molecule has 0 spiro atoms. The zero-order valence-corrected chi connectivity index (χ0v) is 13.4. The van der Waals surface area contributed by atoms with Gasteiger partial charge in [0.2, 0.25) is 0 Å². The maximum absolute atomic E-state index is 12.8. The molecule has 1 aromatic carbocycles. The van der Waals surface area contributed by atoms with Gasteiger partial charge >= 0.3 is 5.97 Å². The van der Waals surface area contributed by atoms with E-state index in [2.05, 4.69) is 0 Å². The maximum atomic E-state index is 12.8. The summed E-state index contributed by atoms with van der Waals surface area (Å²) in [5.74, 6) is 0.546. The first-order valence-electron chi connectivity index (χ1n) is 7.96. The van der Waals surface area contributed by atoms with E-state index in [-0.39, 0.29) is 18.2 Å². The molecule has 120 valence electrons. The monoisotopic (exact) mass is 304 g/mol. The van der Waals surface area contributed by atoms with Gasteiger partial charge in [0, 0.05) is 6.42 Å².